The molecular formula is C15H12F3N5O2. The first-order valence-electron chi connectivity index (χ1n) is 7.10. The molecule has 3 rings (SSSR count). The molecule has 2 aromatic heterocycles. The molecule has 0 saturated heterocycles. The van der Waals surface area contributed by atoms with E-state index in [-0.39, 0.29) is 12.2 Å². The van der Waals surface area contributed by atoms with Gasteiger partial charge in [-0.05, 0) is 24.3 Å². The van der Waals surface area contributed by atoms with E-state index in [2.05, 4.69) is 25.6 Å². The number of ether oxygens (including phenoxy) is 1. The smallest absolute Gasteiger partial charge is 0.406 e. The number of urea groups is 1. The third-order valence-corrected chi connectivity index (χ3v) is 3.12. The molecule has 0 atom stereocenters. The molecule has 130 valence electrons. The molecule has 0 radical (unpaired) electrons. The van der Waals surface area contributed by atoms with E-state index in [0.29, 0.717) is 11.5 Å². The third-order valence-electron chi connectivity index (χ3n) is 3.12. The molecule has 0 saturated carbocycles. The van der Waals surface area contributed by atoms with Gasteiger partial charge in [0.15, 0.2) is 11.5 Å². The maximum atomic E-state index is 12.2. The van der Waals surface area contributed by atoms with E-state index in [1.54, 1.807) is 22.7 Å². The second-order valence-corrected chi connectivity index (χ2v) is 4.93. The Hall–Kier alpha value is -3.30. The summed E-state index contributed by atoms with van der Waals surface area (Å²) in [7, 11) is 0. The lowest BCUT2D eigenvalue weighted by Crippen LogP contribution is -2.29. The third kappa shape index (κ3) is 4.37. The molecule has 0 aliphatic heterocycles. The average molecular weight is 351 g/mol. The topological polar surface area (TPSA) is 80.6 Å². The summed E-state index contributed by atoms with van der Waals surface area (Å²) in [5.74, 6) is 0.0913. The Morgan fingerprint density at radius 1 is 1.16 bits per heavy atom. The zero-order valence-electron chi connectivity index (χ0n) is 12.6. The maximum absolute atomic E-state index is 12.2. The molecule has 0 fully saturated rings. The first kappa shape index (κ1) is 16.6. The first-order valence-corrected chi connectivity index (χ1v) is 7.10. The molecule has 0 spiro atoms. The van der Waals surface area contributed by atoms with Crippen LogP contribution in [0.4, 0.5) is 23.7 Å². The highest BCUT2D eigenvalue weighted by Gasteiger charge is 2.31. The Morgan fingerprint density at radius 3 is 2.80 bits per heavy atom. The fraction of sp³-hybridized carbons (Fsp3) is 0.133. The van der Waals surface area contributed by atoms with Crippen LogP contribution in [0.25, 0.3) is 5.65 Å². The SMILES string of the molecule is O=C(NCc1nnc2ccccn12)Nc1cccc(OC(F)(F)F)c1. The molecule has 2 N–H and O–H groups in total. The predicted molar refractivity (Wildman–Crippen MR) is 82.0 cm³/mol. The van der Waals surface area contributed by atoms with Gasteiger partial charge in [0.05, 0.1) is 6.54 Å². The number of carbonyl (C=O) groups excluding carboxylic acids is 1. The van der Waals surface area contributed by atoms with Crippen molar-refractivity contribution in [3.8, 4) is 5.75 Å². The number of carbonyl (C=O) groups is 1. The van der Waals surface area contributed by atoms with Gasteiger partial charge in [-0.25, -0.2) is 4.79 Å². The monoisotopic (exact) mass is 351 g/mol. The first-order chi connectivity index (χ1) is 11.9. The molecule has 0 aliphatic carbocycles. The molecule has 3 aromatic rings. The van der Waals surface area contributed by atoms with Crippen molar-refractivity contribution in [2.75, 3.05) is 5.32 Å². The summed E-state index contributed by atoms with van der Waals surface area (Å²) in [5.41, 5.74) is 0.794. The number of amides is 2. The minimum atomic E-state index is -4.80. The predicted octanol–water partition coefficient (Wildman–Crippen LogP) is 2.95. The molecule has 2 amide bonds. The van der Waals surface area contributed by atoms with Crippen LogP contribution in [0.3, 0.4) is 0 Å². The van der Waals surface area contributed by atoms with Crippen LogP contribution >= 0.6 is 0 Å². The highest BCUT2D eigenvalue weighted by atomic mass is 19.4. The molecule has 0 aliphatic rings. The van der Waals surface area contributed by atoms with Crippen LogP contribution in [0.2, 0.25) is 0 Å². The van der Waals surface area contributed by atoms with Gasteiger partial charge in [0.1, 0.15) is 5.75 Å². The van der Waals surface area contributed by atoms with Gasteiger partial charge in [0.25, 0.3) is 0 Å². The summed E-state index contributed by atoms with van der Waals surface area (Å²) in [6.45, 7) is 0.0930. The number of nitrogens with one attached hydrogen (secondary N) is 2. The van der Waals surface area contributed by atoms with Gasteiger partial charge in [-0.15, -0.1) is 23.4 Å². The zero-order chi connectivity index (χ0) is 17.9. The number of hydrogen-bond acceptors (Lipinski definition) is 4. The van der Waals surface area contributed by atoms with Gasteiger partial charge in [-0.3, -0.25) is 4.40 Å². The van der Waals surface area contributed by atoms with E-state index in [0.717, 1.165) is 12.1 Å². The number of pyridine rings is 1. The van der Waals surface area contributed by atoms with E-state index in [4.69, 9.17) is 0 Å². The van der Waals surface area contributed by atoms with Gasteiger partial charge < -0.3 is 15.4 Å². The Bertz CT molecular complexity index is 894. The van der Waals surface area contributed by atoms with Crippen molar-refractivity contribution in [3.63, 3.8) is 0 Å². The van der Waals surface area contributed by atoms with E-state index in [9.17, 15) is 18.0 Å². The van der Waals surface area contributed by atoms with Crippen LogP contribution in [-0.4, -0.2) is 27.0 Å². The van der Waals surface area contributed by atoms with Crippen LogP contribution < -0.4 is 15.4 Å². The van der Waals surface area contributed by atoms with Crippen molar-refractivity contribution >= 4 is 17.4 Å². The zero-order valence-corrected chi connectivity index (χ0v) is 12.6. The van der Waals surface area contributed by atoms with E-state index >= 15 is 0 Å². The summed E-state index contributed by atoms with van der Waals surface area (Å²) in [6, 6.07) is 9.76. The number of halogens is 3. The van der Waals surface area contributed by atoms with E-state index in [1.807, 2.05) is 6.07 Å². The average Bonchev–Trinajstić information content (AvgIpc) is 2.95. The fourth-order valence-corrected chi connectivity index (χ4v) is 2.12. The van der Waals surface area contributed by atoms with Crippen molar-refractivity contribution < 1.29 is 22.7 Å². The fourth-order valence-electron chi connectivity index (χ4n) is 2.12. The van der Waals surface area contributed by atoms with Crippen LogP contribution in [0.1, 0.15) is 5.82 Å². The maximum Gasteiger partial charge on any atom is 0.573 e. The lowest BCUT2D eigenvalue weighted by atomic mass is 10.3. The van der Waals surface area contributed by atoms with Crippen LogP contribution in [-0.2, 0) is 6.54 Å². The minimum Gasteiger partial charge on any atom is -0.406 e. The van der Waals surface area contributed by atoms with Gasteiger partial charge >= 0.3 is 12.4 Å². The molecule has 7 nitrogen and oxygen atoms in total. The van der Waals surface area contributed by atoms with Gasteiger partial charge in [0, 0.05) is 18.0 Å². The standard InChI is InChI=1S/C15H12F3N5O2/c16-15(17,18)25-11-5-3-4-10(8-11)20-14(24)19-9-13-22-21-12-6-1-2-7-23(12)13/h1-8H,9H2,(H2,19,20,24). The second kappa shape index (κ2) is 6.67. The highest BCUT2D eigenvalue weighted by Crippen LogP contribution is 2.24. The van der Waals surface area contributed by atoms with Crippen molar-refractivity contribution in [1.82, 2.24) is 19.9 Å². The summed E-state index contributed by atoms with van der Waals surface area (Å²) in [5, 5.41) is 12.9. The van der Waals surface area contributed by atoms with Crippen LogP contribution in [0, 0.1) is 0 Å². The van der Waals surface area contributed by atoms with E-state index < -0.39 is 18.1 Å². The summed E-state index contributed by atoms with van der Waals surface area (Å²) in [4.78, 5) is 11.9. The molecule has 10 heteroatoms. The van der Waals surface area contributed by atoms with Gasteiger partial charge in [0.2, 0.25) is 0 Å². The number of anilines is 1. The van der Waals surface area contributed by atoms with E-state index in [1.165, 1.54) is 12.1 Å². The number of rotatable bonds is 4. The number of fused-ring (bicyclic) bond motifs is 1. The van der Waals surface area contributed by atoms with Crippen LogP contribution in [0.15, 0.2) is 48.7 Å². The molecule has 0 bridgehead atoms. The summed E-state index contributed by atoms with van der Waals surface area (Å²) in [6.07, 6.45) is -3.04. The summed E-state index contributed by atoms with van der Waals surface area (Å²) >= 11 is 0. The number of benzene rings is 1. The number of alkyl halides is 3. The largest absolute Gasteiger partial charge is 0.573 e. The molecule has 2 heterocycles. The lowest BCUT2D eigenvalue weighted by Gasteiger charge is -2.11. The highest BCUT2D eigenvalue weighted by molar-refractivity contribution is 5.89. The molecule has 25 heavy (non-hydrogen) atoms. The molecule has 0 unspecified atom stereocenters. The Morgan fingerprint density at radius 2 is 2.00 bits per heavy atom. The Balaban J connectivity index is 1.60. The second-order valence-electron chi connectivity index (χ2n) is 4.93. The van der Waals surface area contributed by atoms with Crippen LogP contribution in [0.5, 0.6) is 5.75 Å². The van der Waals surface area contributed by atoms with Crippen molar-refractivity contribution in [2.45, 2.75) is 12.9 Å². The van der Waals surface area contributed by atoms with Crippen molar-refractivity contribution in [2.24, 2.45) is 0 Å². The normalized spacial score (nSPS) is 11.3. The lowest BCUT2D eigenvalue weighted by molar-refractivity contribution is -0.274. The number of nitrogens with zero attached hydrogens (tertiary/aromatic N) is 3. The number of hydrogen-bond donors (Lipinski definition) is 2. The van der Waals surface area contributed by atoms with Gasteiger partial charge in [-0.1, -0.05) is 12.1 Å². The Labute approximate surface area is 139 Å². The quantitative estimate of drug-likeness (QED) is 0.757. The summed E-state index contributed by atoms with van der Waals surface area (Å²) < 4.78 is 42.1. The molecule has 1 aromatic carbocycles. The van der Waals surface area contributed by atoms with Crippen molar-refractivity contribution in [3.05, 3.63) is 54.5 Å². The minimum absolute atomic E-state index is 0.0930. The van der Waals surface area contributed by atoms with Crippen molar-refractivity contribution in [1.29, 1.82) is 0 Å². The number of aromatic nitrogens is 3. The Kier molecular flexibility index (Phi) is 4.42. The molecular weight excluding hydrogens is 339 g/mol. The van der Waals surface area contributed by atoms with Gasteiger partial charge in [-0.2, -0.15) is 0 Å².